The van der Waals surface area contributed by atoms with Crippen molar-refractivity contribution in [3.8, 4) is 0 Å². The highest BCUT2D eigenvalue weighted by molar-refractivity contribution is 14.0. The van der Waals surface area contributed by atoms with Crippen LogP contribution >= 0.6 is 24.0 Å². The maximum absolute atomic E-state index is 12.1. The van der Waals surface area contributed by atoms with Gasteiger partial charge in [0, 0.05) is 38.6 Å². The number of nitrogens with zero attached hydrogens (tertiary/aromatic N) is 3. The maximum Gasteiger partial charge on any atom is 0.224 e. The molecule has 0 saturated heterocycles. The molecule has 0 heterocycles. The normalized spacial score (nSPS) is 16.6. The molecule has 1 amide bonds. The lowest BCUT2D eigenvalue weighted by molar-refractivity contribution is -0.130. The van der Waals surface area contributed by atoms with E-state index in [0.29, 0.717) is 19.0 Å². The molecule has 160 valence electrons. The van der Waals surface area contributed by atoms with Crippen molar-refractivity contribution in [2.75, 3.05) is 46.8 Å². The summed E-state index contributed by atoms with van der Waals surface area (Å²) in [5.41, 5.74) is 0. The lowest BCUT2D eigenvalue weighted by Crippen LogP contribution is -2.43. The number of halogens is 1. The van der Waals surface area contributed by atoms with E-state index < -0.39 is 0 Å². The van der Waals surface area contributed by atoms with Crippen molar-refractivity contribution in [1.82, 2.24) is 20.4 Å². The quantitative estimate of drug-likeness (QED) is 0.278. The molecular weight excluding hydrogens is 453 g/mol. The Kier molecular flexibility index (Phi) is 15.0. The molecule has 1 saturated carbocycles. The molecule has 27 heavy (non-hydrogen) atoms. The van der Waals surface area contributed by atoms with E-state index in [1.165, 1.54) is 32.1 Å². The average Bonchev–Trinajstić information content (AvgIpc) is 2.63. The second-order valence-electron chi connectivity index (χ2n) is 7.39. The van der Waals surface area contributed by atoms with Crippen LogP contribution in [0.2, 0.25) is 0 Å². The third-order valence-corrected chi connectivity index (χ3v) is 5.39. The van der Waals surface area contributed by atoms with Crippen molar-refractivity contribution in [3.05, 3.63) is 0 Å². The van der Waals surface area contributed by atoms with E-state index in [1.54, 1.807) is 0 Å². The summed E-state index contributed by atoms with van der Waals surface area (Å²) in [5.74, 6) is 1.77. The first-order valence-electron chi connectivity index (χ1n) is 10.5. The molecule has 0 aliphatic heterocycles. The number of carbonyl (C=O) groups excluding carboxylic acids is 1. The van der Waals surface area contributed by atoms with Gasteiger partial charge in [0.1, 0.15) is 0 Å². The number of nitrogens with one attached hydrogen (secondary N) is 2. The number of amides is 1. The molecular formula is C20H42IN5O. The molecule has 0 aromatic carbocycles. The molecule has 0 bridgehead atoms. The first kappa shape index (κ1) is 26.4. The topological polar surface area (TPSA) is 60.0 Å². The van der Waals surface area contributed by atoms with Gasteiger partial charge in [-0.25, -0.2) is 0 Å². The summed E-state index contributed by atoms with van der Waals surface area (Å²) in [4.78, 5) is 21.1. The largest absolute Gasteiger partial charge is 0.357 e. The van der Waals surface area contributed by atoms with E-state index in [9.17, 15) is 4.79 Å². The number of aliphatic imine (C=N–C) groups is 1. The van der Waals surface area contributed by atoms with Crippen LogP contribution in [0, 0.1) is 5.92 Å². The van der Waals surface area contributed by atoms with Gasteiger partial charge >= 0.3 is 0 Å². The number of hydrogen-bond acceptors (Lipinski definition) is 3. The second kappa shape index (κ2) is 15.4. The Morgan fingerprint density at radius 1 is 1.07 bits per heavy atom. The molecule has 6 nitrogen and oxygen atoms in total. The first-order valence-corrected chi connectivity index (χ1v) is 10.5. The third-order valence-electron chi connectivity index (χ3n) is 5.39. The summed E-state index contributed by atoms with van der Waals surface area (Å²) < 4.78 is 0. The van der Waals surface area contributed by atoms with Crippen LogP contribution in [0.5, 0.6) is 0 Å². The van der Waals surface area contributed by atoms with E-state index in [-0.39, 0.29) is 29.9 Å². The molecule has 7 heteroatoms. The van der Waals surface area contributed by atoms with Crippen LogP contribution in [0.25, 0.3) is 0 Å². The van der Waals surface area contributed by atoms with E-state index in [2.05, 4.69) is 36.6 Å². The minimum absolute atomic E-state index is 0. The van der Waals surface area contributed by atoms with Gasteiger partial charge in [-0.1, -0.05) is 19.3 Å². The molecule has 1 aliphatic rings. The van der Waals surface area contributed by atoms with Crippen LogP contribution in [-0.2, 0) is 4.79 Å². The van der Waals surface area contributed by atoms with E-state index in [1.807, 2.05) is 18.7 Å². The van der Waals surface area contributed by atoms with Crippen LogP contribution in [0.15, 0.2) is 4.99 Å². The Morgan fingerprint density at radius 2 is 1.70 bits per heavy atom. The van der Waals surface area contributed by atoms with Crippen molar-refractivity contribution in [2.45, 2.75) is 65.3 Å². The van der Waals surface area contributed by atoms with Gasteiger partial charge in [-0.3, -0.25) is 9.79 Å². The predicted molar refractivity (Wildman–Crippen MR) is 126 cm³/mol. The standard InChI is InChI=1S/C20H41N5O.HI/c1-6-21-20(22-15-14-19(26)25(7-2)8-3)23-16-18(24(4)5)17-12-10-9-11-13-17;/h17-18H,6-16H2,1-5H3,(H2,21,22,23);1H. The van der Waals surface area contributed by atoms with Gasteiger partial charge in [0.25, 0.3) is 0 Å². The fourth-order valence-corrected chi connectivity index (χ4v) is 3.80. The third kappa shape index (κ3) is 9.96. The highest BCUT2D eigenvalue weighted by Gasteiger charge is 2.25. The zero-order valence-corrected chi connectivity index (χ0v) is 20.4. The Morgan fingerprint density at radius 3 is 2.22 bits per heavy atom. The second-order valence-corrected chi connectivity index (χ2v) is 7.39. The Hall–Kier alpha value is -0.570. The summed E-state index contributed by atoms with van der Waals surface area (Å²) in [6, 6.07) is 0.489. The van der Waals surface area contributed by atoms with Crippen LogP contribution in [0.4, 0.5) is 0 Å². The fourth-order valence-electron chi connectivity index (χ4n) is 3.80. The highest BCUT2D eigenvalue weighted by atomic mass is 127. The summed E-state index contributed by atoms with van der Waals surface area (Å²) in [7, 11) is 4.33. The number of guanidine groups is 1. The van der Waals surface area contributed by atoms with Crippen molar-refractivity contribution < 1.29 is 4.79 Å². The van der Waals surface area contributed by atoms with Crippen LogP contribution in [0.1, 0.15) is 59.3 Å². The Bertz CT molecular complexity index is 421. The maximum atomic E-state index is 12.1. The number of rotatable bonds is 10. The van der Waals surface area contributed by atoms with Crippen LogP contribution in [0.3, 0.4) is 0 Å². The average molecular weight is 495 g/mol. The van der Waals surface area contributed by atoms with Gasteiger partial charge in [0.2, 0.25) is 5.91 Å². The predicted octanol–water partition coefficient (Wildman–Crippen LogP) is 2.93. The lowest BCUT2D eigenvalue weighted by Gasteiger charge is -2.34. The minimum atomic E-state index is 0. The van der Waals surface area contributed by atoms with E-state index in [0.717, 1.165) is 38.1 Å². The summed E-state index contributed by atoms with van der Waals surface area (Å²) >= 11 is 0. The Labute approximate surface area is 183 Å². The summed E-state index contributed by atoms with van der Waals surface area (Å²) in [5, 5.41) is 6.63. The van der Waals surface area contributed by atoms with Gasteiger partial charge < -0.3 is 20.4 Å². The zero-order valence-electron chi connectivity index (χ0n) is 18.1. The van der Waals surface area contributed by atoms with Crippen LogP contribution < -0.4 is 10.6 Å². The van der Waals surface area contributed by atoms with Gasteiger partial charge in [0.15, 0.2) is 5.96 Å². The van der Waals surface area contributed by atoms with Crippen molar-refractivity contribution in [2.24, 2.45) is 10.9 Å². The smallest absolute Gasteiger partial charge is 0.224 e. The van der Waals surface area contributed by atoms with Crippen LogP contribution in [-0.4, -0.2) is 74.5 Å². The van der Waals surface area contributed by atoms with Crippen molar-refractivity contribution in [1.29, 1.82) is 0 Å². The highest BCUT2D eigenvalue weighted by Crippen LogP contribution is 2.28. The molecule has 2 N–H and O–H groups in total. The number of hydrogen-bond donors (Lipinski definition) is 2. The molecule has 1 rings (SSSR count). The summed E-state index contributed by atoms with van der Waals surface area (Å²) in [6.45, 7) is 9.91. The molecule has 1 unspecified atom stereocenters. The van der Waals surface area contributed by atoms with Gasteiger partial charge in [-0.2, -0.15) is 0 Å². The van der Waals surface area contributed by atoms with Gasteiger partial charge in [0.05, 0.1) is 6.54 Å². The number of carbonyl (C=O) groups is 1. The lowest BCUT2D eigenvalue weighted by atomic mass is 9.83. The molecule has 0 aromatic rings. The Balaban J connectivity index is 0.00000676. The van der Waals surface area contributed by atoms with Gasteiger partial charge in [-0.05, 0) is 53.6 Å². The monoisotopic (exact) mass is 495 g/mol. The molecule has 0 aromatic heterocycles. The first-order chi connectivity index (χ1) is 12.5. The van der Waals surface area contributed by atoms with E-state index in [4.69, 9.17) is 4.99 Å². The molecule has 0 spiro atoms. The van der Waals surface area contributed by atoms with Crippen molar-refractivity contribution >= 4 is 35.8 Å². The number of likely N-dealkylation sites (N-methyl/N-ethyl adjacent to an activating group) is 1. The molecule has 1 fully saturated rings. The summed E-state index contributed by atoms with van der Waals surface area (Å²) in [6.07, 6.45) is 7.23. The minimum Gasteiger partial charge on any atom is -0.357 e. The molecule has 1 atom stereocenters. The SMILES string of the molecule is CCNC(=NCC(C1CCCCC1)N(C)C)NCCC(=O)N(CC)CC.I. The van der Waals surface area contributed by atoms with E-state index >= 15 is 0 Å². The van der Waals surface area contributed by atoms with Crippen molar-refractivity contribution in [3.63, 3.8) is 0 Å². The van der Waals surface area contributed by atoms with Gasteiger partial charge in [-0.15, -0.1) is 24.0 Å². The molecule has 1 aliphatic carbocycles. The molecule has 0 radical (unpaired) electrons. The fraction of sp³-hybridized carbons (Fsp3) is 0.900. The zero-order chi connectivity index (χ0) is 19.4.